The lowest BCUT2D eigenvalue weighted by Crippen LogP contribution is -2.52. The average Bonchev–Trinajstić information content (AvgIpc) is 3.05. The first-order valence-electron chi connectivity index (χ1n) is 6.64. The molecule has 0 aromatic carbocycles. The van der Waals surface area contributed by atoms with E-state index in [1.807, 2.05) is 20.8 Å². The van der Waals surface area contributed by atoms with Crippen molar-refractivity contribution in [3.8, 4) is 0 Å². The lowest BCUT2D eigenvalue weighted by Gasteiger charge is -2.27. The maximum atomic E-state index is 12.4. The molecule has 1 unspecified atom stereocenters. The standard InChI is InChI=1S/C13H17N3O5S/c1-13(2,3)14-11(17)8-6-22-7-15(8)12(18)9-4-5-10(21-9)16(19)20/h4-5,8H,6-7H2,1-3H3,(H,14,17). The smallest absolute Gasteiger partial charge is 0.395 e. The minimum Gasteiger partial charge on any atom is -0.395 e. The number of nitro groups is 1. The predicted octanol–water partition coefficient (Wildman–Crippen LogP) is 1.62. The zero-order valence-electron chi connectivity index (χ0n) is 12.5. The van der Waals surface area contributed by atoms with E-state index in [0.29, 0.717) is 11.6 Å². The summed E-state index contributed by atoms with van der Waals surface area (Å²) in [6.07, 6.45) is 0. The molecule has 1 aliphatic rings. The van der Waals surface area contributed by atoms with E-state index >= 15 is 0 Å². The van der Waals surface area contributed by atoms with E-state index in [2.05, 4.69) is 5.32 Å². The number of furan rings is 1. The summed E-state index contributed by atoms with van der Waals surface area (Å²) in [5.41, 5.74) is -0.400. The fourth-order valence-electron chi connectivity index (χ4n) is 2.00. The lowest BCUT2D eigenvalue weighted by molar-refractivity contribution is -0.402. The molecule has 1 aliphatic heterocycles. The number of amides is 2. The molecule has 22 heavy (non-hydrogen) atoms. The Labute approximate surface area is 131 Å². The number of rotatable bonds is 3. The molecule has 0 radical (unpaired) electrons. The number of thioether (sulfide) groups is 1. The number of hydrogen-bond donors (Lipinski definition) is 1. The largest absolute Gasteiger partial charge is 0.433 e. The number of nitrogens with one attached hydrogen (secondary N) is 1. The molecule has 2 heterocycles. The van der Waals surface area contributed by atoms with Crippen LogP contribution in [0.15, 0.2) is 16.5 Å². The first kappa shape index (κ1) is 16.3. The normalized spacial score (nSPS) is 18.3. The molecule has 120 valence electrons. The summed E-state index contributed by atoms with van der Waals surface area (Å²) < 4.78 is 4.92. The Morgan fingerprint density at radius 1 is 1.45 bits per heavy atom. The van der Waals surface area contributed by atoms with Crippen molar-refractivity contribution in [2.24, 2.45) is 0 Å². The second-order valence-corrected chi connectivity index (χ2v) is 6.92. The SMILES string of the molecule is CC(C)(C)NC(=O)C1CSCN1C(=O)c1ccc([N+](=O)[O-])o1. The molecule has 1 aromatic rings. The molecule has 1 saturated heterocycles. The molecule has 9 heteroatoms. The van der Waals surface area contributed by atoms with Crippen LogP contribution in [0.5, 0.6) is 0 Å². The van der Waals surface area contributed by atoms with Crippen LogP contribution in [0, 0.1) is 10.1 Å². The van der Waals surface area contributed by atoms with Gasteiger partial charge in [-0.15, -0.1) is 11.8 Å². The van der Waals surface area contributed by atoms with Crippen LogP contribution >= 0.6 is 11.8 Å². The second-order valence-electron chi connectivity index (χ2n) is 5.92. The minimum absolute atomic E-state index is 0.136. The lowest BCUT2D eigenvalue weighted by atomic mass is 10.1. The van der Waals surface area contributed by atoms with Crippen molar-refractivity contribution >= 4 is 29.5 Å². The molecular formula is C13H17N3O5S. The van der Waals surface area contributed by atoms with Gasteiger partial charge in [-0.05, 0) is 26.8 Å². The van der Waals surface area contributed by atoms with Gasteiger partial charge in [-0.1, -0.05) is 0 Å². The number of hydrogen-bond acceptors (Lipinski definition) is 6. The maximum Gasteiger partial charge on any atom is 0.433 e. The zero-order valence-corrected chi connectivity index (χ0v) is 13.3. The number of nitrogens with zero attached hydrogens (tertiary/aromatic N) is 2. The molecule has 2 amide bonds. The van der Waals surface area contributed by atoms with Crippen LogP contribution in [0.2, 0.25) is 0 Å². The predicted molar refractivity (Wildman–Crippen MR) is 80.5 cm³/mol. The van der Waals surface area contributed by atoms with Crippen LogP contribution < -0.4 is 5.32 Å². The van der Waals surface area contributed by atoms with Gasteiger partial charge in [0.05, 0.1) is 11.9 Å². The monoisotopic (exact) mass is 327 g/mol. The summed E-state index contributed by atoms with van der Waals surface area (Å²) in [5, 5.41) is 13.4. The topological polar surface area (TPSA) is 106 Å². The van der Waals surface area contributed by atoms with Gasteiger partial charge in [-0.3, -0.25) is 19.7 Å². The molecule has 2 rings (SSSR count). The summed E-state index contributed by atoms with van der Waals surface area (Å²) in [5.74, 6) is -0.570. The van der Waals surface area contributed by atoms with Gasteiger partial charge in [-0.2, -0.15) is 0 Å². The Bertz CT molecular complexity index is 607. The molecular weight excluding hydrogens is 310 g/mol. The molecule has 1 N–H and O–H groups in total. The quantitative estimate of drug-likeness (QED) is 0.668. The zero-order chi connectivity index (χ0) is 16.5. The number of carbonyl (C=O) groups is 2. The molecule has 0 bridgehead atoms. The van der Waals surface area contributed by atoms with E-state index in [1.165, 1.54) is 22.7 Å². The van der Waals surface area contributed by atoms with Gasteiger partial charge in [0.2, 0.25) is 5.91 Å². The van der Waals surface area contributed by atoms with Gasteiger partial charge < -0.3 is 14.6 Å². The first-order chi connectivity index (χ1) is 10.2. The summed E-state index contributed by atoms with van der Waals surface area (Å²) in [7, 11) is 0. The Hall–Kier alpha value is -2.03. The van der Waals surface area contributed by atoms with Crippen LogP contribution in [0.3, 0.4) is 0 Å². The highest BCUT2D eigenvalue weighted by molar-refractivity contribution is 7.99. The van der Waals surface area contributed by atoms with E-state index < -0.39 is 28.3 Å². The van der Waals surface area contributed by atoms with E-state index in [0.717, 1.165) is 6.07 Å². The van der Waals surface area contributed by atoms with Crippen molar-refractivity contribution in [3.05, 3.63) is 28.0 Å². The van der Waals surface area contributed by atoms with E-state index in [4.69, 9.17) is 4.42 Å². The van der Waals surface area contributed by atoms with Crippen molar-refractivity contribution < 1.29 is 18.9 Å². The third-order valence-corrected chi connectivity index (χ3v) is 3.94. The van der Waals surface area contributed by atoms with Crippen LogP contribution in [-0.2, 0) is 4.79 Å². The molecule has 0 aliphatic carbocycles. The summed E-state index contributed by atoms with van der Waals surface area (Å²) in [4.78, 5) is 35.9. The van der Waals surface area contributed by atoms with E-state index in [9.17, 15) is 19.7 Å². The first-order valence-corrected chi connectivity index (χ1v) is 7.79. The highest BCUT2D eigenvalue weighted by Gasteiger charge is 2.37. The van der Waals surface area contributed by atoms with Crippen molar-refractivity contribution in [2.45, 2.75) is 32.4 Å². The van der Waals surface area contributed by atoms with Crippen molar-refractivity contribution in [1.29, 1.82) is 0 Å². The van der Waals surface area contributed by atoms with E-state index in [1.54, 1.807) is 0 Å². The highest BCUT2D eigenvalue weighted by atomic mass is 32.2. The molecule has 1 fully saturated rings. The molecule has 1 atom stereocenters. The highest BCUT2D eigenvalue weighted by Crippen LogP contribution is 2.25. The third kappa shape index (κ3) is 3.59. The summed E-state index contributed by atoms with van der Waals surface area (Å²) in [6.45, 7) is 5.57. The second kappa shape index (κ2) is 5.99. The Morgan fingerprint density at radius 3 is 2.68 bits per heavy atom. The fraction of sp³-hybridized carbons (Fsp3) is 0.538. The van der Waals surface area contributed by atoms with Crippen LogP contribution in [0.1, 0.15) is 31.3 Å². The Kier molecular flexibility index (Phi) is 4.45. The Morgan fingerprint density at radius 2 is 2.14 bits per heavy atom. The molecule has 0 spiro atoms. The number of carbonyl (C=O) groups excluding carboxylic acids is 2. The third-order valence-electron chi connectivity index (χ3n) is 2.93. The van der Waals surface area contributed by atoms with Gasteiger partial charge in [0.1, 0.15) is 11.0 Å². The minimum atomic E-state index is -0.709. The van der Waals surface area contributed by atoms with Gasteiger partial charge in [0, 0.05) is 11.3 Å². The van der Waals surface area contributed by atoms with Crippen LogP contribution in [0.25, 0.3) is 0 Å². The summed E-state index contributed by atoms with van der Waals surface area (Å²) in [6, 6.07) is 1.77. The van der Waals surface area contributed by atoms with Gasteiger partial charge in [0.25, 0.3) is 5.91 Å². The average molecular weight is 327 g/mol. The van der Waals surface area contributed by atoms with Crippen LogP contribution in [0.4, 0.5) is 5.88 Å². The van der Waals surface area contributed by atoms with Gasteiger partial charge >= 0.3 is 5.88 Å². The van der Waals surface area contributed by atoms with Crippen molar-refractivity contribution in [2.75, 3.05) is 11.6 Å². The van der Waals surface area contributed by atoms with Gasteiger partial charge in [0.15, 0.2) is 5.76 Å². The van der Waals surface area contributed by atoms with Crippen molar-refractivity contribution in [3.63, 3.8) is 0 Å². The molecule has 0 saturated carbocycles. The Balaban J connectivity index is 2.14. The maximum absolute atomic E-state index is 12.4. The van der Waals surface area contributed by atoms with Gasteiger partial charge in [-0.25, -0.2) is 0 Å². The molecule has 1 aromatic heterocycles. The van der Waals surface area contributed by atoms with E-state index in [-0.39, 0.29) is 11.7 Å². The summed E-state index contributed by atoms with van der Waals surface area (Å²) >= 11 is 1.45. The van der Waals surface area contributed by atoms with Crippen molar-refractivity contribution in [1.82, 2.24) is 10.2 Å². The molecule has 8 nitrogen and oxygen atoms in total. The van der Waals surface area contributed by atoms with Crippen LogP contribution in [-0.4, -0.2) is 44.8 Å². The fourth-order valence-corrected chi connectivity index (χ4v) is 3.15.